The van der Waals surface area contributed by atoms with E-state index >= 15 is 0 Å². The number of nitrogens with two attached hydrogens (primary N) is 2. The summed E-state index contributed by atoms with van der Waals surface area (Å²) in [6, 6.07) is 21.7. The van der Waals surface area contributed by atoms with Crippen LogP contribution in [-0.4, -0.2) is 26.1 Å². The molecule has 0 unspecified atom stereocenters. The summed E-state index contributed by atoms with van der Waals surface area (Å²) in [5.74, 6) is -0.00391. The van der Waals surface area contributed by atoms with E-state index in [1.807, 2.05) is 48.5 Å². The van der Waals surface area contributed by atoms with Gasteiger partial charge in [-0.2, -0.15) is 0 Å². The normalized spacial score (nSPS) is 11.1. The van der Waals surface area contributed by atoms with Crippen LogP contribution in [0.5, 0.6) is 0 Å². The fourth-order valence-corrected chi connectivity index (χ4v) is 3.61. The summed E-state index contributed by atoms with van der Waals surface area (Å²) in [4.78, 5) is 19.5. The van der Waals surface area contributed by atoms with Crippen LogP contribution in [0.3, 0.4) is 0 Å². The highest BCUT2D eigenvalue weighted by Crippen LogP contribution is 2.32. The molecule has 0 bridgehead atoms. The largest absolute Gasteiger partial charge is 0.396 e. The summed E-state index contributed by atoms with van der Waals surface area (Å²) in [5.41, 5.74) is 17.0. The van der Waals surface area contributed by atoms with Crippen LogP contribution in [0.2, 0.25) is 0 Å². The van der Waals surface area contributed by atoms with Gasteiger partial charge in [0.25, 0.3) is 5.91 Å². The van der Waals surface area contributed by atoms with Crippen LogP contribution >= 0.6 is 0 Å². The molecule has 31 heavy (non-hydrogen) atoms. The predicted octanol–water partition coefficient (Wildman–Crippen LogP) is 3.47. The maximum Gasteiger partial charge on any atom is 0.271 e. The molecule has 3 aromatic carbocycles. The number of carbonyl (C=O) groups is 1. The lowest BCUT2D eigenvalue weighted by molar-refractivity contribution is 0.0996. The number of hydrogen-bond donors (Lipinski definition) is 4. The third-order valence-corrected chi connectivity index (χ3v) is 5.16. The minimum atomic E-state index is -0.702. The Balaban J connectivity index is 1.51. The van der Waals surface area contributed by atoms with Crippen LogP contribution < -0.4 is 16.8 Å². The maximum absolute atomic E-state index is 11.5. The molecule has 152 valence electrons. The third kappa shape index (κ3) is 3.40. The van der Waals surface area contributed by atoms with Crippen molar-refractivity contribution in [3.05, 3.63) is 78.0 Å². The van der Waals surface area contributed by atoms with E-state index in [9.17, 15) is 4.79 Å². The number of nitrogen functional groups attached to an aromatic ring is 1. The van der Waals surface area contributed by atoms with E-state index in [1.165, 1.54) is 5.56 Å². The second-order valence-corrected chi connectivity index (χ2v) is 7.18. The molecule has 1 amide bonds. The van der Waals surface area contributed by atoms with Crippen LogP contribution in [0.25, 0.3) is 33.1 Å². The quantitative estimate of drug-likeness (QED) is 0.351. The first-order valence-corrected chi connectivity index (χ1v) is 9.73. The number of anilines is 2. The van der Waals surface area contributed by atoms with Crippen molar-refractivity contribution in [1.29, 1.82) is 0 Å². The molecule has 8 heteroatoms. The fourth-order valence-electron chi connectivity index (χ4n) is 3.61. The van der Waals surface area contributed by atoms with E-state index in [1.54, 1.807) is 6.07 Å². The topological polar surface area (TPSA) is 136 Å². The van der Waals surface area contributed by atoms with Crippen LogP contribution in [0, 0.1) is 0 Å². The van der Waals surface area contributed by atoms with Crippen molar-refractivity contribution in [2.24, 2.45) is 5.73 Å². The summed E-state index contributed by atoms with van der Waals surface area (Å²) in [6.07, 6.45) is 0. The molecular formula is C23H19N7O. The molecule has 5 rings (SSSR count). The average molecular weight is 409 g/mol. The molecule has 0 spiro atoms. The number of fused-ring (bicyclic) bond motifs is 2. The van der Waals surface area contributed by atoms with Gasteiger partial charge in [-0.3, -0.25) is 4.79 Å². The monoisotopic (exact) mass is 409 g/mol. The maximum atomic E-state index is 11.5. The number of nitrogens with zero attached hydrogens (tertiary/aromatic N) is 3. The minimum Gasteiger partial charge on any atom is -0.396 e. The van der Waals surface area contributed by atoms with Crippen molar-refractivity contribution in [3.63, 3.8) is 0 Å². The minimum absolute atomic E-state index is 0.0252. The Labute approximate surface area is 177 Å². The van der Waals surface area contributed by atoms with Gasteiger partial charge in [0.1, 0.15) is 5.52 Å². The number of aromatic nitrogens is 4. The number of primary amides is 1. The standard InChI is InChI=1S/C23H19N7O/c24-19-16-8-4-7-15(20(16)29-30-21(19)22(25)31)14-9-10-17-18(11-14)28-23(27-17)26-12-13-5-2-1-3-6-13/h1-11H,12H2,(H2,24,29)(H2,25,31)(H2,26,27,28). The first-order valence-electron chi connectivity index (χ1n) is 9.73. The van der Waals surface area contributed by atoms with Gasteiger partial charge in [0.2, 0.25) is 5.95 Å². The number of H-pyrrole nitrogens is 1. The Hall–Kier alpha value is -4.46. The first kappa shape index (κ1) is 18.6. The first-order chi connectivity index (χ1) is 15.1. The SMILES string of the molecule is NC(=O)c1nnc2c(-c3ccc4nc(NCc5ccccc5)[nH]c4c3)cccc2c1N. The van der Waals surface area contributed by atoms with E-state index in [0.29, 0.717) is 23.4 Å². The van der Waals surface area contributed by atoms with Crippen molar-refractivity contribution in [3.8, 4) is 11.1 Å². The molecular weight excluding hydrogens is 390 g/mol. The van der Waals surface area contributed by atoms with Gasteiger partial charge in [0, 0.05) is 17.5 Å². The number of amides is 1. The number of benzene rings is 3. The van der Waals surface area contributed by atoms with E-state index in [-0.39, 0.29) is 11.4 Å². The van der Waals surface area contributed by atoms with Gasteiger partial charge in [-0.1, -0.05) is 54.6 Å². The van der Waals surface area contributed by atoms with Crippen molar-refractivity contribution in [2.75, 3.05) is 11.1 Å². The molecule has 8 nitrogen and oxygen atoms in total. The predicted molar refractivity (Wildman–Crippen MR) is 121 cm³/mol. The van der Waals surface area contributed by atoms with Gasteiger partial charge in [-0.25, -0.2) is 4.98 Å². The van der Waals surface area contributed by atoms with E-state index in [4.69, 9.17) is 11.5 Å². The second kappa shape index (κ2) is 7.42. The molecule has 0 fully saturated rings. The average Bonchev–Trinajstić information content (AvgIpc) is 3.20. The number of imidazole rings is 1. The lowest BCUT2D eigenvalue weighted by atomic mass is 10.0. The number of rotatable bonds is 5. The summed E-state index contributed by atoms with van der Waals surface area (Å²) in [5, 5.41) is 12.1. The van der Waals surface area contributed by atoms with Gasteiger partial charge in [0.15, 0.2) is 5.69 Å². The van der Waals surface area contributed by atoms with Crippen LogP contribution in [0.15, 0.2) is 66.7 Å². The van der Waals surface area contributed by atoms with Gasteiger partial charge < -0.3 is 21.8 Å². The van der Waals surface area contributed by atoms with E-state index in [2.05, 4.69) is 37.6 Å². The summed E-state index contributed by atoms with van der Waals surface area (Å²) in [6.45, 7) is 0.675. The van der Waals surface area contributed by atoms with E-state index in [0.717, 1.165) is 22.2 Å². The van der Waals surface area contributed by atoms with Gasteiger partial charge >= 0.3 is 0 Å². The lowest BCUT2D eigenvalue weighted by Crippen LogP contribution is -2.16. The molecule has 0 saturated heterocycles. The van der Waals surface area contributed by atoms with Crippen molar-refractivity contribution >= 4 is 39.5 Å². The third-order valence-electron chi connectivity index (χ3n) is 5.16. The van der Waals surface area contributed by atoms with Crippen LogP contribution in [-0.2, 0) is 6.54 Å². The van der Waals surface area contributed by atoms with Gasteiger partial charge in [0.05, 0.1) is 16.7 Å². The van der Waals surface area contributed by atoms with Crippen molar-refractivity contribution in [2.45, 2.75) is 6.54 Å². The Bertz CT molecular complexity index is 1430. The number of nitrogens with one attached hydrogen (secondary N) is 2. The molecule has 0 aliphatic rings. The van der Waals surface area contributed by atoms with Crippen molar-refractivity contribution in [1.82, 2.24) is 20.2 Å². The second-order valence-electron chi connectivity index (χ2n) is 7.18. The van der Waals surface area contributed by atoms with Crippen LogP contribution in [0.1, 0.15) is 16.1 Å². The summed E-state index contributed by atoms with van der Waals surface area (Å²) < 4.78 is 0. The highest BCUT2D eigenvalue weighted by Gasteiger charge is 2.15. The fraction of sp³-hybridized carbons (Fsp3) is 0.0435. The molecule has 2 heterocycles. The van der Waals surface area contributed by atoms with Gasteiger partial charge in [-0.05, 0) is 23.3 Å². The summed E-state index contributed by atoms with van der Waals surface area (Å²) >= 11 is 0. The Morgan fingerprint density at radius 3 is 2.65 bits per heavy atom. The molecule has 0 atom stereocenters. The zero-order valence-corrected chi connectivity index (χ0v) is 16.5. The Morgan fingerprint density at radius 2 is 1.84 bits per heavy atom. The number of hydrogen-bond acceptors (Lipinski definition) is 6. The molecule has 5 aromatic rings. The zero-order valence-electron chi connectivity index (χ0n) is 16.5. The van der Waals surface area contributed by atoms with Crippen molar-refractivity contribution < 1.29 is 4.79 Å². The Kier molecular flexibility index (Phi) is 4.44. The molecule has 2 aromatic heterocycles. The number of aromatic amines is 1. The highest BCUT2D eigenvalue weighted by molar-refractivity contribution is 6.07. The molecule has 0 aliphatic heterocycles. The smallest absolute Gasteiger partial charge is 0.271 e. The van der Waals surface area contributed by atoms with E-state index < -0.39 is 5.91 Å². The molecule has 0 aliphatic carbocycles. The number of carbonyl (C=O) groups excluding carboxylic acids is 1. The molecule has 6 N–H and O–H groups in total. The zero-order chi connectivity index (χ0) is 21.4. The molecule has 0 saturated carbocycles. The van der Waals surface area contributed by atoms with Gasteiger partial charge in [-0.15, -0.1) is 10.2 Å². The van der Waals surface area contributed by atoms with Crippen LogP contribution in [0.4, 0.5) is 11.6 Å². The molecule has 0 radical (unpaired) electrons. The highest BCUT2D eigenvalue weighted by atomic mass is 16.1. The summed E-state index contributed by atoms with van der Waals surface area (Å²) in [7, 11) is 0. The lowest BCUT2D eigenvalue weighted by Gasteiger charge is -2.09. The Morgan fingerprint density at radius 1 is 1.00 bits per heavy atom.